The molecule has 1 aliphatic carbocycles. The molecule has 0 N–H and O–H groups in total. The van der Waals surface area contributed by atoms with Crippen LogP contribution in [0.5, 0.6) is 0 Å². The molecular formula is C14H16BrFO. The number of carbonyl (C=O) groups is 1. The Morgan fingerprint density at radius 2 is 2.24 bits per heavy atom. The van der Waals surface area contributed by atoms with Crippen molar-refractivity contribution in [1.82, 2.24) is 0 Å². The van der Waals surface area contributed by atoms with E-state index in [1.807, 2.05) is 0 Å². The summed E-state index contributed by atoms with van der Waals surface area (Å²) in [5, 5.41) is 0. The summed E-state index contributed by atoms with van der Waals surface area (Å²) in [5.41, 5.74) is 0.512. The normalized spacial score (nSPS) is 23.9. The summed E-state index contributed by atoms with van der Waals surface area (Å²) in [6.07, 6.45) is 3.30. The van der Waals surface area contributed by atoms with Gasteiger partial charge in [0.25, 0.3) is 0 Å². The van der Waals surface area contributed by atoms with Crippen molar-refractivity contribution in [3.63, 3.8) is 0 Å². The van der Waals surface area contributed by atoms with Crippen LogP contribution in [0.15, 0.2) is 22.7 Å². The largest absolute Gasteiger partial charge is 0.299 e. The molecule has 0 bridgehead atoms. The highest BCUT2D eigenvalue weighted by Crippen LogP contribution is 2.31. The highest BCUT2D eigenvalue weighted by molar-refractivity contribution is 9.10. The van der Waals surface area contributed by atoms with Gasteiger partial charge in [0.2, 0.25) is 0 Å². The van der Waals surface area contributed by atoms with Gasteiger partial charge in [-0.05, 0) is 42.9 Å². The molecule has 1 aromatic rings. The first-order valence-corrected chi connectivity index (χ1v) is 6.82. The molecule has 1 saturated carbocycles. The van der Waals surface area contributed by atoms with Gasteiger partial charge >= 0.3 is 0 Å². The average molecular weight is 299 g/mol. The number of hydrogen-bond acceptors (Lipinski definition) is 1. The van der Waals surface area contributed by atoms with E-state index in [4.69, 9.17) is 0 Å². The Morgan fingerprint density at radius 3 is 2.82 bits per heavy atom. The van der Waals surface area contributed by atoms with E-state index in [-0.39, 0.29) is 23.9 Å². The lowest BCUT2D eigenvalue weighted by Gasteiger charge is -2.09. The lowest BCUT2D eigenvalue weighted by molar-refractivity contribution is -0.122. The Morgan fingerprint density at radius 1 is 1.47 bits per heavy atom. The minimum absolute atomic E-state index is 0.146. The van der Waals surface area contributed by atoms with Gasteiger partial charge in [0.05, 0.1) is 0 Å². The van der Waals surface area contributed by atoms with Crippen LogP contribution in [0.3, 0.4) is 0 Å². The van der Waals surface area contributed by atoms with Gasteiger partial charge in [-0.15, -0.1) is 0 Å². The van der Waals surface area contributed by atoms with Crippen LogP contribution in [0.1, 0.15) is 31.7 Å². The Bertz CT molecular complexity index is 430. The van der Waals surface area contributed by atoms with Crippen LogP contribution in [-0.2, 0) is 11.2 Å². The topological polar surface area (TPSA) is 17.1 Å². The van der Waals surface area contributed by atoms with Crippen molar-refractivity contribution in [2.24, 2.45) is 11.8 Å². The first-order chi connectivity index (χ1) is 8.06. The first-order valence-electron chi connectivity index (χ1n) is 6.03. The molecular weight excluding hydrogens is 283 g/mol. The highest BCUT2D eigenvalue weighted by Gasteiger charge is 2.27. The Hall–Kier alpha value is -0.700. The zero-order chi connectivity index (χ0) is 12.4. The van der Waals surface area contributed by atoms with Gasteiger partial charge in [-0.2, -0.15) is 0 Å². The number of halogens is 2. The van der Waals surface area contributed by atoms with Gasteiger partial charge < -0.3 is 0 Å². The van der Waals surface area contributed by atoms with E-state index < -0.39 is 0 Å². The molecule has 1 nitrogen and oxygen atoms in total. The third-order valence-electron chi connectivity index (χ3n) is 3.53. The van der Waals surface area contributed by atoms with Crippen molar-refractivity contribution in [3.05, 3.63) is 34.1 Å². The van der Waals surface area contributed by atoms with E-state index in [1.165, 1.54) is 6.07 Å². The van der Waals surface area contributed by atoms with Gasteiger partial charge in [0.15, 0.2) is 0 Å². The number of rotatable bonds is 3. The zero-order valence-electron chi connectivity index (χ0n) is 9.88. The van der Waals surface area contributed by atoms with Crippen molar-refractivity contribution < 1.29 is 9.18 Å². The minimum atomic E-state index is -0.293. The Kier molecular flexibility index (Phi) is 3.97. The van der Waals surface area contributed by atoms with Gasteiger partial charge in [0.1, 0.15) is 11.6 Å². The summed E-state index contributed by atoms with van der Waals surface area (Å²) in [6.45, 7) is 2.17. The van der Waals surface area contributed by atoms with E-state index >= 15 is 0 Å². The molecule has 3 heteroatoms. The lowest BCUT2D eigenvalue weighted by atomic mass is 9.95. The van der Waals surface area contributed by atoms with E-state index in [2.05, 4.69) is 22.9 Å². The first kappa shape index (κ1) is 12.7. The number of hydrogen-bond donors (Lipinski definition) is 0. The second-order valence-electron chi connectivity index (χ2n) is 4.99. The Labute approximate surface area is 110 Å². The van der Waals surface area contributed by atoms with Crippen LogP contribution in [0.25, 0.3) is 0 Å². The van der Waals surface area contributed by atoms with Crippen molar-refractivity contribution >= 4 is 21.7 Å². The van der Waals surface area contributed by atoms with E-state index in [1.54, 1.807) is 12.1 Å². The van der Waals surface area contributed by atoms with E-state index in [9.17, 15) is 9.18 Å². The molecule has 0 aromatic heterocycles. The number of Topliss-reactive ketones (excluding diaryl/α,β-unsaturated/α-hetero) is 1. The van der Waals surface area contributed by atoms with Crippen molar-refractivity contribution in [1.29, 1.82) is 0 Å². The highest BCUT2D eigenvalue weighted by atomic mass is 79.9. The second kappa shape index (κ2) is 5.30. The summed E-state index contributed by atoms with van der Waals surface area (Å²) in [7, 11) is 0. The van der Waals surface area contributed by atoms with Gasteiger partial charge in [-0.1, -0.05) is 28.9 Å². The van der Waals surface area contributed by atoms with Crippen molar-refractivity contribution in [2.75, 3.05) is 0 Å². The van der Waals surface area contributed by atoms with Crippen LogP contribution < -0.4 is 0 Å². The fraction of sp³-hybridized carbons (Fsp3) is 0.500. The van der Waals surface area contributed by atoms with E-state index in [0.717, 1.165) is 19.3 Å². The molecule has 1 aromatic carbocycles. The molecule has 17 heavy (non-hydrogen) atoms. The zero-order valence-corrected chi connectivity index (χ0v) is 11.5. The quantitative estimate of drug-likeness (QED) is 0.820. The van der Waals surface area contributed by atoms with Crippen LogP contribution in [0.2, 0.25) is 0 Å². The monoisotopic (exact) mass is 298 g/mol. The summed E-state index contributed by atoms with van der Waals surface area (Å²) in [4.78, 5) is 12.0. The summed E-state index contributed by atoms with van der Waals surface area (Å²) >= 11 is 3.21. The molecule has 2 rings (SSSR count). The maximum absolute atomic E-state index is 13.6. The molecule has 2 unspecified atom stereocenters. The lowest BCUT2D eigenvalue weighted by Crippen LogP contribution is -2.14. The van der Waals surface area contributed by atoms with Crippen molar-refractivity contribution in [3.8, 4) is 0 Å². The van der Waals surface area contributed by atoms with Crippen LogP contribution in [0, 0.1) is 17.7 Å². The second-order valence-corrected chi connectivity index (χ2v) is 5.91. The molecule has 0 aliphatic heterocycles. The SMILES string of the molecule is CC1CCC(C(=O)Cc2ccc(Br)cc2F)C1. The van der Waals surface area contributed by atoms with Gasteiger partial charge in [-0.25, -0.2) is 4.39 Å². The molecule has 1 aliphatic rings. The van der Waals surface area contributed by atoms with E-state index in [0.29, 0.717) is 16.0 Å². The Balaban J connectivity index is 2.03. The predicted octanol–water partition coefficient (Wildman–Crippen LogP) is 4.14. The molecule has 92 valence electrons. The van der Waals surface area contributed by atoms with Crippen LogP contribution in [-0.4, -0.2) is 5.78 Å². The maximum Gasteiger partial charge on any atom is 0.140 e. The van der Waals surface area contributed by atoms with Crippen LogP contribution >= 0.6 is 15.9 Å². The molecule has 0 saturated heterocycles. The smallest absolute Gasteiger partial charge is 0.140 e. The molecule has 2 atom stereocenters. The molecule has 0 heterocycles. The minimum Gasteiger partial charge on any atom is -0.299 e. The predicted molar refractivity (Wildman–Crippen MR) is 69.3 cm³/mol. The summed E-state index contributed by atoms with van der Waals surface area (Å²) in [6, 6.07) is 4.89. The summed E-state index contributed by atoms with van der Waals surface area (Å²) in [5.74, 6) is 0.682. The number of ketones is 1. The maximum atomic E-state index is 13.6. The fourth-order valence-electron chi connectivity index (χ4n) is 2.50. The van der Waals surface area contributed by atoms with Gasteiger partial charge in [-0.3, -0.25) is 4.79 Å². The molecule has 0 spiro atoms. The average Bonchev–Trinajstić information content (AvgIpc) is 2.69. The van der Waals surface area contributed by atoms with Gasteiger partial charge in [0, 0.05) is 16.8 Å². The number of benzene rings is 1. The third-order valence-corrected chi connectivity index (χ3v) is 4.02. The molecule has 1 fully saturated rings. The third kappa shape index (κ3) is 3.15. The summed E-state index contributed by atoms with van der Waals surface area (Å²) < 4.78 is 14.3. The standard InChI is InChI=1S/C14H16BrFO/c1-9-2-3-11(6-9)14(17)7-10-4-5-12(15)8-13(10)16/h4-5,8-9,11H,2-3,6-7H2,1H3. The fourth-order valence-corrected chi connectivity index (χ4v) is 2.83. The van der Waals surface area contributed by atoms with Crippen molar-refractivity contribution in [2.45, 2.75) is 32.6 Å². The molecule has 0 amide bonds. The van der Waals surface area contributed by atoms with Crippen LogP contribution in [0.4, 0.5) is 4.39 Å². The molecule has 0 radical (unpaired) electrons. The number of carbonyl (C=O) groups excluding carboxylic acids is 1.